The molecule has 0 heterocycles. The number of benzene rings is 2. The van der Waals surface area contributed by atoms with Crippen LogP contribution in [-0.4, -0.2) is 43.4 Å². The van der Waals surface area contributed by atoms with E-state index in [0.29, 0.717) is 22.9 Å². The molecule has 160 valence electrons. The van der Waals surface area contributed by atoms with E-state index in [9.17, 15) is 34.8 Å². The first-order chi connectivity index (χ1) is 14.5. The molecule has 2 aliphatic carbocycles. The van der Waals surface area contributed by atoms with Crippen molar-refractivity contribution in [3.8, 4) is 17.2 Å². The number of phenols is 3. The van der Waals surface area contributed by atoms with E-state index >= 15 is 0 Å². The Morgan fingerprint density at radius 1 is 1.10 bits per heavy atom. The lowest BCUT2D eigenvalue weighted by molar-refractivity contribution is -0.120. The van der Waals surface area contributed by atoms with Gasteiger partial charge in [-0.25, -0.2) is 0 Å². The van der Waals surface area contributed by atoms with E-state index in [1.54, 1.807) is 0 Å². The van der Waals surface area contributed by atoms with Crippen LogP contribution in [0, 0.1) is 0 Å². The molecule has 2 aromatic rings. The second-order valence-electron chi connectivity index (χ2n) is 8.50. The molecule has 31 heavy (non-hydrogen) atoms. The maximum absolute atomic E-state index is 13.5. The zero-order valence-electron chi connectivity index (χ0n) is 17.4. The second kappa shape index (κ2) is 6.78. The van der Waals surface area contributed by atoms with Gasteiger partial charge in [-0.1, -0.05) is 11.6 Å². The lowest BCUT2D eigenvalue weighted by Gasteiger charge is -2.33. The van der Waals surface area contributed by atoms with Gasteiger partial charge < -0.3 is 20.4 Å². The quantitative estimate of drug-likeness (QED) is 0.442. The molecule has 7 heteroatoms. The van der Waals surface area contributed by atoms with Crippen LogP contribution in [0.25, 0.3) is 10.8 Å². The van der Waals surface area contributed by atoms with Crippen molar-refractivity contribution in [2.24, 2.45) is 0 Å². The Hall–Kier alpha value is -3.45. The summed E-state index contributed by atoms with van der Waals surface area (Å²) in [5.41, 5.74) is -0.756. The normalized spacial score (nSPS) is 20.1. The Labute approximate surface area is 177 Å². The van der Waals surface area contributed by atoms with Gasteiger partial charge in [-0.3, -0.25) is 14.4 Å². The molecule has 0 radical (unpaired) electrons. The molecule has 2 aliphatic rings. The largest absolute Gasteiger partial charge is 0.508 e. The summed E-state index contributed by atoms with van der Waals surface area (Å²) in [4.78, 5) is 38.0. The van der Waals surface area contributed by atoms with E-state index in [4.69, 9.17) is 0 Å². The number of fused-ring (bicyclic) bond motifs is 3. The molecule has 1 atom stereocenters. The Balaban J connectivity index is 2.14. The molecule has 4 rings (SSSR count). The molecule has 0 bridgehead atoms. The lowest BCUT2D eigenvalue weighted by atomic mass is 9.72. The van der Waals surface area contributed by atoms with Gasteiger partial charge in [-0.05, 0) is 49.8 Å². The molecule has 0 spiro atoms. The van der Waals surface area contributed by atoms with Crippen molar-refractivity contribution in [1.29, 1.82) is 0 Å². The summed E-state index contributed by atoms with van der Waals surface area (Å²) >= 11 is 0. The Morgan fingerprint density at radius 2 is 1.77 bits per heavy atom. The lowest BCUT2D eigenvalue weighted by Crippen LogP contribution is -2.40. The van der Waals surface area contributed by atoms with Crippen molar-refractivity contribution in [1.82, 2.24) is 0 Å². The second-order valence-corrected chi connectivity index (χ2v) is 8.50. The zero-order chi connectivity index (χ0) is 22.8. The van der Waals surface area contributed by atoms with Gasteiger partial charge in [0.15, 0.2) is 17.3 Å². The summed E-state index contributed by atoms with van der Waals surface area (Å²) in [7, 11) is 0. The van der Waals surface area contributed by atoms with Gasteiger partial charge in [-0.15, -0.1) is 0 Å². The Bertz CT molecular complexity index is 1280. The monoisotopic (exact) mass is 422 g/mol. The molecule has 0 aliphatic heterocycles. The maximum atomic E-state index is 13.5. The zero-order valence-corrected chi connectivity index (χ0v) is 17.4. The number of Topliss-reactive ketones (excluding diaryl/α,β-unsaturated/α-hetero) is 3. The standard InChI is InChI=1S/C24H22O7/c1-10(2)4-5-13-14-6-12(26)7-16(27)19(14)22(29)20-15(13)8-24(31)9-17(28)18(11(3)25)21(24)23(20)30/h4,6-7,26-27,29,31H,5,8-9H2,1-3H3/t24-/m1/s1. The summed E-state index contributed by atoms with van der Waals surface area (Å²) < 4.78 is 0. The minimum Gasteiger partial charge on any atom is -0.508 e. The van der Waals surface area contributed by atoms with Crippen LogP contribution in [0.3, 0.4) is 0 Å². The predicted octanol–water partition coefficient (Wildman–Crippen LogP) is 2.79. The highest BCUT2D eigenvalue weighted by Crippen LogP contribution is 2.50. The fraction of sp³-hybridized carbons (Fsp3) is 0.292. The summed E-state index contributed by atoms with van der Waals surface area (Å²) in [6.45, 7) is 4.93. The van der Waals surface area contributed by atoms with Crippen molar-refractivity contribution >= 4 is 28.1 Å². The van der Waals surface area contributed by atoms with Crippen molar-refractivity contribution in [2.75, 3.05) is 0 Å². The summed E-state index contributed by atoms with van der Waals surface area (Å²) in [6.07, 6.45) is 1.64. The van der Waals surface area contributed by atoms with Crippen LogP contribution in [-0.2, 0) is 22.4 Å². The van der Waals surface area contributed by atoms with E-state index in [2.05, 4.69) is 0 Å². The number of hydrogen-bond acceptors (Lipinski definition) is 7. The molecule has 0 saturated heterocycles. The van der Waals surface area contributed by atoms with Crippen molar-refractivity contribution in [2.45, 2.75) is 45.6 Å². The number of carbonyl (C=O) groups excluding carboxylic acids is 3. The van der Waals surface area contributed by atoms with Gasteiger partial charge in [0, 0.05) is 24.5 Å². The third-order valence-corrected chi connectivity index (χ3v) is 6.00. The van der Waals surface area contributed by atoms with Crippen LogP contribution in [0.15, 0.2) is 34.9 Å². The first kappa shape index (κ1) is 20.8. The first-order valence-corrected chi connectivity index (χ1v) is 9.88. The van der Waals surface area contributed by atoms with E-state index in [0.717, 1.165) is 18.6 Å². The van der Waals surface area contributed by atoms with Crippen LogP contribution >= 0.6 is 0 Å². The molecular weight excluding hydrogens is 400 g/mol. The number of ketones is 3. The summed E-state index contributed by atoms with van der Waals surface area (Å²) in [6, 6.07) is 2.44. The molecule has 0 fully saturated rings. The molecule has 7 nitrogen and oxygen atoms in total. The van der Waals surface area contributed by atoms with Gasteiger partial charge >= 0.3 is 0 Å². The third-order valence-electron chi connectivity index (χ3n) is 6.00. The number of phenolic OH excluding ortho intramolecular Hbond substituents is 3. The number of allylic oxidation sites excluding steroid dienone is 3. The highest BCUT2D eigenvalue weighted by atomic mass is 16.3. The van der Waals surface area contributed by atoms with Crippen LogP contribution in [0.2, 0.25) is 0 Å². The predicted molar refractivity (Wildman–Crippen MR) is 112 cm³/mol. The minimum absolute atomic E-state index is 0.0122. The van der Waals surface area contributed by atoms with Gasteiger partial charge in [0.05, 0.1) is 16.5 Å². The van der Waals surface area contributed by atoms with Gasteiger partial charge in [0.25, 0.3) is 0 Å². The molecule has 0 saturated carbocycles. The van der Waals surface area contributed by atoms with Crippen molar-refractivity contribution in [3.05, 3.63) is 51.6 Å². The van der Waals surface area contributed by atoms with Crippen molar-refractivity contribution < 1.29 is 34.8 Å². The van der Waals surface area contributed by atoms with E-state index in [1.807, 2.05) is 19.9 Å². The number of aliphatic hydroxyl groups is 1. The molecule has 0 unspecified atom stereocenters. The third kappa shape index (κ3) is 2.96. The minimum atomic E-state index is -1.85. The number of rotatable bonds is 3. The van der Waals surface area contributed by atoms with Gasteiger partial charge in [0.1, 0.15) is 22.8 Å². The Kier molecular flexibility index (Phi) is 4.55. The van der Waals surface area contributed by atoms with Crippen LogP contribution in [0.5, 0.6) is 17.2 Å². The van der Waals surface area contributed by atoms with Gasteiger partial charge in [0.2, 0.25) is 0 Å². The van der Waals surface area contributed by atoms with Gasteiger partial charge in [-0.2, -0.15) is 0 Å². The maximum Gasteiger partial charge on any atom is 0.196 e. The van der Waals surface area contributed by atoms with Crippen molar-refractivity contribution in [3.63, 3.8) is 0 Å². The van der Waals surface area contributed by atoms with Crippen LogP contribution in [0.4, 0.5) is 0 Å². The summed E-state index contributed by atoms with van der Waals surface area (Å²) in [5, 5.41) is 43.0. The highest BCUT2D eigenvalue weighted by molar-refractivity contribution is 6.31. The average molecular weight is 422 g/mol. The van der Waals surface area contributed by atoms with E-state index < -0.39 is 40.9 Å². The number of carbonyl (C=O) groups is 3. The highest BCUT2D eigenvalue weighted by Gasteiger charge is 2.53. The Morgan fingerprint density at radius 3 is 2.39 bits per heavy atom. The topological polar surface area (TPSA) is 132 Å². The summed E-state index contributed by atoms with van der Waals surface area (Å²) in [5.74, 6) is -3.17. The molecule has 2 aromatic carbocycles. The SMILES string of the molecule is CC(=O)C1=C2C(=O)c3c(c(CC=C(C)C)c4cc(O)cc(O)c4c3O)C[C@@]2(O)CC1=O. The first-order valence-electron chi connectivity index (χ1n) is 9.88. The number of hydrogen-bond donors (Lipinski definition) is 4. The van der Waals surface area contributed by atoms with E-state index in [-0.39, 0.29) is 34.3 Å². The van der Waals surface area contributed by atoms with Crippen LogP contribution in [0.1, 0.15) is 48.7 Å². The molecular formula is C24H22O7. The smallest absolute Gasteiger partial charge is 0.196 e. The van der Waals surface area contributed by atoms with E-state index in [1.165, 1.54) is 6.07 Å². The fourth-order valence-corrected chi connectivity index (χ4v) is 4.74. The average Bonchev–Trinajstić information content (AvgIpc) is 2.90. The van der Waals surface area contributed by atoms with Crippen LogP contribution < -0.4 is 0 Å². The fourth-order valence-electron chi connectivity index (χ4n) is 4.74. The molecule has 0 aromatic heterocycles. The molecule has 0 amide bonds. The molecule has 4 N–H and O–H groups in total. The number of aromatic hydroxyl groups is 3.